The van der Waals surface area contributed by atoms with Crippen LogP contribution in [0.3, 0.4) is 0 Å². The van der Waals surface area contributed by atoms with E-state index in [4.69, 9.17) is 9.47 Å². The molecule has 7 nitrogen and oxygen atoms in total. The largest absolute Gasteiger partial charge is 0.493 e. The van der Waals surface area contributed by atoms with Gasteiger partial charge >= 0.3 is 0 Å². The fourth-order valence-corrected chi connectivity index (χ4v) is 4.78. The van der Waals surface area contributed by atoms with E-state index in [0.717, 1.165) is 19.4 Å². The Kier molecular flexibility index (Phi) is 5.29. The third kappa shape index (κ3) is 3.80. The predicted octanol–water partition coefficient (Wildman–Crippen LogP) is 2.00. The van der Waals surface area contributed by atoms with E-state index in [-0.39, 0.29) is 10.8 Å². The van der Waals surface area contributed by atoms with E-state index in [1.807, 2.05) is 10.8 Å². The number of piperidine rings is 1. The van der Waals surface area contributed by atoms with Crippen molar-refractivity contribution in [3.63, 3.8) is 0 Å². The Morgan fingerprint density at radius 3 is 2.72 bits per heavy atom. The second-order valence-corrected chi connectivity index (χ2v) is 8.09. The molecule has 0 N–H and O–H groups in total. The first kappa shape index (κ1) is 17.8. The molecule has 136 valence electrons. The van der Waals surface area contributed by atoms with Gasteiger partial charge in [0.15, 0.2) is 11.5 Å². The van der Waals surface area contributed by atoms with E-state index in [0.29, 0.717) is 24.6 Å². The number of hydrogen-bond acceptors (Lipinski definition) is 5. The Morgan fingerprint density at radius 2 is 2.04 bits per heavy atom. The molecule has 1 fully saturated rings. The normalized spacial score (nSPS) is 18.9. The number of benzene rings is 1. The molecule has 0 aliphatic carbocycles. The minimum absolute atomic E-state index is 0.230. The average molecular weight is 365 g/mol. The second kappa shape index (κ2) is 7.45. The lowest BCUT2D eigenvalue weighted by molar-refractivity contribution is 0.245. The molecule has 3 rings (SSSR count). The van der Waals surface area contributed by atoms with Crippen molar-refractivity contribution in [3.05, 3.63) is 36.9 Å². The third-order valence-electron chi connectivity index (χ3n) is 4.50. The van der Waals surface area contributed by atoms with E-state index >= 15 is 0 Å². The van der Waals surface area contributed by atoms with Crippen LogP contribution in [0.1, 0.15) is 12.8 Å². The number of rotatable bonds is 6. The van der Waals surface area contributed by atoms with Crippen molar-refractivity contribution in [1.82, 2.24) is 13.9 Å². The van der Waals surface area contributed by atoms with E-state index in [9.17, 15) is 8.42 Å². The molecule has 0 spiro atoms. The molecule has 1 aromatic heterocycles. The maximum atomic E-state index is 13.0. The van der Waals surface area contributed by atoms with Gasteiger partial charge in [-0.1, -0.05) is 0 Å². The highest BCUT2D eigenvalue weighted by atomic mass is 32.2. The number of ether oxygens (including phenoxy) is 2. The maximum Gasteiger partial charge on any atom is 0.243 e. The Labute approximate surface area is 148 Å². The number of aromatic nitrogens is 2. The molecule has 0 amide bonds. The Morgan fingerprint density at radius 1 is 1.24 bits per heavy atom. The Bertz CT molecular complexity index is 805. The van der Waals surface area contributed by atoms with Gasteiger partial charge in [0, 0.05) is 38.1 Å². The fourth-order valence-electron chi connectivity index (χ4n) is 3.21. The van der Waals surface area contributed by atoms with Crippen LogP contribution < -0.4 is 9.47 Å². The SMILES string of the molecule is COc1ccc(S(=O)(=O)N2CCCC(Cn3ccnc3)C2)cc1OC. The molecule has 25 heavy (non-hydrogen) atoms. The number of imidazole rings is 1. The minimum atomic E-state index is -3.56. The summed E-state index contributed by atoms with van der Waals surface area (Å²) in [4.78, 5) is 4.27. The van der Waals surface area contributed by atoms with Gasteiger partial charge in [0.2, 0.25) is 10.0 Å². The quantitative estimate of drug-likeness (QED) is 0.783. The van der Waals surface area contributed by atoms with Gasteiger partial charge in [-0.3, -0.25) is 0 Å². The molecule has 8 heteroatoms. The first-order valence-electron chi connectivity index (χ1n) is 8.22. The molecule has 2 aromatic rings. The Hall–Kier alpha value is -2.06. The average Bonchev–Trinajstić information content (AvgIpc) is 3.14. The summed E-state index contributed by atoms with van der Waals surface area (Å²) in [6.07, 6.45) is 7.27. The summed E-state index contributed by atoms with van der Waals surface area (Å²) in [5.41, 5.74) is 0. The van der Waals surface area contributed by atoms with Crippen LogP contribution in [0.5, 0.6) is 11.5 Å². The van der Waals surface area contributed by atoms with Crippen molar-refractivity contribution in [2.45, 2.75) is 24.3 Å². The zero-order chi connectivity index (χ0) is 17.9. The zero-order valence-corrected chi connectivity index (χ0v) is 15.3. The summed E-state index contributed by atoms with van der Waals surface area (Å²) in [5.74, 6) is 1.20. The monoisotopic (exact) mass is 365 g/mol. The van der Waals surface area contributed by atoms with Gasteiger partial charge in [0.05, 0.1) is 25.4 Å². The summed E-state index contributed by atoms with van der Waals surface area (Å²) in [6.45, 7) is 1.82. The second-order valence-electron chi connectivity index (χ2n) is 6.15. The molecular formula is C17H23N3O4S. The summed E-state index contributed by atoms with van der Waals surface area (Å²) in [6, 6.07) is 4.71. The highest BCUT2D eigenvalue weighted by Gasteiger charge is 2.31. The van der Waals surface area contributed by atoms with Crippen LogP contribution in [-0.4, -0.2) is 49.6 Å². The fraction of sp³-hybridized carbons (Fsp3) is 0.471. The number of hydrogen-bond donors (Lipinski definition) is 0. The lowest BCUT2D eigenvalue weighted by Gasteiger charge is -2.32. The first-order chi connectivity index (χ1) is 12.0. The molecule has 2 heterocycles. The molecule has 1 aliphatic rings. The maximum absolute atomic E-state index is 13.0. The van der Waals surface area contributed by atoms with Gasteiger partial charge in [-0.05, 0) is 30.9 Å². The van der Waals surface area contributed by atoms with Crippen LogP contribution in [-0.2, 0) is 16.6 Å². The first-order valence-corrected chi connectivity index (χ1v) is 9.66. The van der Waals surface area contributed by atoms with E-state index in [2.05, 4.69) is 4.98 Å². The van der Waals surface area contributed by atoms with E-state index < -0.39 is 10.0 Å². The van der Waals surface area contributed by atoms with Gasteiger partial charge in [0.25, 0.3) is 0 Å². The summed E-state index contributed by atoms with van der Waals surface area (Å²) < 4.78 is 40.0. The van der Waals surface area contributed by atoms with Crippen molar-refractivity contribution in [3.8, 4) is 11.5 Å². The summed E-state index contributed by atoms with van der Waals surface area (Å²) in [7, 11) is -0.537. The lowest BCUT2D eigenvalue weighted by Crippen LogP contribution is -2.41. The highest BCUT2D eigenvalue weighted by Crippen LogP contribution is 2.32. The van der Waals surface area contributed by atoms with Crippen molar-refractivity contribution in [2.75, 3.05) is 27.3 Å². The molecule has 0 saturated carbocycles. The van der Waals surface area contributed by atoms with Crippen molar-refractivity contribution >= 4 is 10.0 Å². The molecule has 1 aromatic carbocycles. The summed E-state index contributed by atoms with van der Waals surface area (Å²) in [5, 5.41) is 0. The summed E-state index contributed by atoms with van der Waals surface area (Å²) >= 11 is 0. The van der Waals surface area contributed by atoms with Gasteiger partial charge < -0.3 is 14.0 Å². The Balaban J connectivity index is 1.79. The topological polar surface area (TPSA) is 73.7 Å². The van der Waals surface area contributed by atoms with E-state index in [1.165, 1.54) is 20.3 Å². The number of methoxy groups -OCH3 is 2. The minimum Gasteiger partial charge on any atom is -0.493 e. The smallest absolute Gasteiger partial charge is 0.243 e. The molecule has 0 bridgehead atoms. The molecule has 1 saturated heterocycles. The van der Waals surface area contributed by atoms with Crippen LogP contribution in [0, 0.1) is 5.92 Å². The highest BCUT2D eigenvalue weighted by molar-refractivity contribution is 7.89. The third-order valence-corrected chi connectivity index (χ3v) is 6.36. The molecule has 1 atom stereocenters. The van der Waals surface area contributed by atoms with Gasteiger partial charge in [-0.15, -0.1) is 0 Å². The number of nitrogens with zero attached hydrogens (tertiary/aromatic N) is 3. The molecular weight excluding hydrogens is 342 g/mol. The van der Waals surface area contributed by atoms with Crippen LogP contribution in [0.2, 0.25) is 0 Å². The lowest BCUT2D eigenvalue weighted by atomic mass is 10.00. The van der Waals surface area contributed by atoms with Gasteiger partial charge in [-0.2, -0.15) is 4.31 Å². The van der Waals surface area contributed by atoms with Crippen molar-refractivity contribution < 1.29 is 17.9 Å². The van der Waals surface area contributed by atoms with Crippen molar-refractivity contribution in [2.24, 2.45) is 5.92 Å². The molecule has 1 aliphatic heterocycles. The zero-order valence-electron chi connectivity index (χ0n) is 14.5. The molecule has 1 unspecified atom stereocenters. The number of sulfonamides is 1. The standard InChI is InChI=1S/C17H23N3O4S/c1-23-16-6-5-15(10-17(16)24-2)25(21,22)20-8-3-4-14(12-20)11-19-9-7-18-13-19/h5-7,9-10,13-14H,3-4,8,11-12H2,1-2H3. The predicted molar refractivity (Wildman–Crippen MR) is 93.3 cm³/mol. The van der Waals surface area contributed by atoms with E-state index in [1.54, 1.807) is 29.0 Å². The van der Waals surface area contributed by atoms with Crippen LogP contribution >= 0.6 is 0 Å². The van der Waals surface area contributed by atoms with Gasteiger partial charge in [-0.25, -0.2) is 13.4 Å². The van der Waals surface area contributed by atoms with Crippen LogP contribution in [0.4, 0.5) is 0 Å². The van der Waals surface area contributed by atoms with Gasteiger partial charge in [0.1, 0.15) is 0 Å². The van der Waals surface area contributed by atoms with Crippen molar-refractivity contribution in [1.29, 1.82) is 0 Å². The molecule has 0 radical (unpaired) electrons. The van der Waals surface area contributed by atoms with Crippen LogP contribution in [0.15, 0.2) is 41.8 Å². The van der Waals surface area contributed by atoms with Crippen LogP contribution in [0.25, 0.3) is 0 Å².